The van der Waals surface area contributed by atoms with E-state index in [0.717, 1.165) is 17.0 Å². The number of benzene rings is 1. The number of cyclic esters (lactones) is 1. The van der Waals surface area contributed by atoms with Gasteiger partial charge in [-0.1, -0.05) is 0 Å². The monoisotopic (exact) mass is 501 g/mol. The van der Waals surface area contributed by atoms with E-state index < -0.39 is 35.0 Å². The molecule has 1 fully saturated rings. The third kappa shape index (κ3) is 4.03. The molecule has 5 rings (SSSR count). The molecule has 0 spiro atoms. The second kappa shape index (κ2) is 9.02. The van der Waals surface area contributed by atoms with Gasteiger partial charge < -0.3 is 15.0 Å². The van der Waals surface area contributed by atoms with Gasteiger partial charge in [0.1, 0.15) is 11.8 Å². The third-order valence-electron chi connectivity index (χ3n) is 6.11. The number of amides is 2. The van der Waals surface area contributed by atoms with E-state index in [2.05, 4.69) is 15.3 Å². The van der Waals surface area contributed by atoms with Crippen molar-refractivity contribution in [3.63, 3.8) is 0 Å². The summed E-state index contributed by atoms with van der Waals surface area (Å²) in [5.74, 6) is -2.12. The summed E-state index contributed by atoms with van der Waals surface area (Å²) in [6.07, 6.45) is 1.19. The summed E-state index contributed by atoms with van der Waals surface area (Å²) in [6.45, 7) is 1.48. The van der Waals surface area contributed by atoms with Crippen LogP contribution in [0.5, 0.6) is 0 Å². The highest BCUT2D eigenvalue weighted by Gasteiger charge is 2.34. The molecule has 188 valence electrons. The first kappa shape index (κ1) is 23.4. The van der Waals surface area contributed by atoms with E-state index >= 15 is 8.78 Å². The molecule has 36 heavy (non-hydrogen) atoms. The first-order valence-electron chi connectivity index (χ1n) is 11.2. The molecule has 12 nitrogen and oxygen atoms in total. The molecule has 0 radical (unpaired) electrons. The second-order valence-corrected chi connectivity index (χ2v) is 8.41. The Morgan fingerprint density at radius 1 is 1.00 bits per heavy atom. The highest BCUT2D eigenvalue weighted by atomic mass is 19.1. The number of hydrogen-bond acceptors (Lipinski definition) is 8. The second-order valence-electron chi connectivity index (χ2n) is 8.41. The van der Waals surface area contributed by atoms with Gasteiger partial charge in [-0.25, -0.2) is 32.9 Å². The lowest BCUT2D eigenvalue weighted by Crippen LogP contribution is -2.39. The molecule has 2 amide bonds. The largest absolute Gasteiger partial charge is 0.442 e. The smallest absolute Gasteiger partial charge is 0.414 e. The molecule has 14 heteroatoms. The Kier molecular flexibility index (Phi) is 5.86. The molecule has 0 saturated carbocycles. The van der Waals surface area contributed by atoms with Crippen LogP contribution in [0.3, 0.4) is 0 Å². The summed E-state index contributed by atoms with van der Waals surface area (Å²) in [5.41, 5.74) is -1.53. The maximum atomic E-state index is 15.2. The van der Waals surface area contributed by atoms with Gasteiger partial charge in [-0.05, 0) is 0 Å². The Morgan fingerprint density at radius 3 is 2.08 bits per heavy atom. The van der Waals surface area contributed by atoms with Crippen LogP contribution in [0.1, 0.15) is 6.92 Å². The molecule has 1 saturated heterocycles. The fourth-order valence-electron chi connectivity index (χ4n) is 4.43. The molecule has 2 aromatic heterocycles. The maximum Gasteiger partial charge on any atom is 0.414 e. The van der Waals surface area contributed by atoms with E-state index in [9.17, 15) is 19.2 Å². The van der Waals surface area contributed by atoms with Crippen molar-refractivity contribution in [1.82, 2.24) is 24.6 Å². The van der Waals surface area contributed by atoms with Gasteiger partial charge in [0.2, 0.25) is 5.91 Å². The van der Waals surface area contributed by atoms with Crippen molar-refractivity contribution in [2.24, 2.45) is 0 Å². The molecule has 2 aliphatic heterocycles. The van der Waals surface area contributed by atoms with Crippen LogP contribution in [0.4, 0.5) is 25.0 Å². The molecular weight excluding hydrogens is 480 g/mol. The van der Waals surface area contributed by atoms with Gasteiger partial charge in [0.15, 0.2) is 22.7 Å². The highest BCUT2D eigenvalue weighted by molar-refractivity contribution is 5.90. The number of carbonyl (C=O) groups is 2. The van der Waals surface area contributed by atoms with E-state index in [1.165, 1.54) is 33.6 Å². The molecule has 2 aliphatic rings. The Hall–Kier alpha value is -4.36. The fraction of sp³-hybridized carbons (Fsp3) is 0.364. The molecule has 1 atom stereocenters. The summed E-state index contributed by atoms with van der Waals surface area (Å²) < 4.78 is 38.0. The Morgan fingerprint density at radius 2 is 1.56 bits per heavy atom. The number of carbonyl (C=O) groups excluding carboxylic acids is 2. The number of ether oxygens (including phenoxy) is 1. The average molecular weight is 501 g/mol. The van der Waals surface area contributed by atoms with E-state index in [-0.39, 0.29) is 67.6 Å². The van der Waals surface area contributed by atoms with Gasteiger partial charge in [-0.15, -0.1) is 0 Å². The van der Waals surface area contributed by atoms with Crippen LogP contribution in [-0.4, -0.2) is 63.6 Å². The first-order chi connectivity index (χ1) is 17.2. The number of fused-ring (bicyclic) bond motifs is 2. The molecule has 1 aromatic carbocycles. The zero-order valence-corrected chi connectivity index (χ0v) is 19.1. The first-order valence-corrected chi connectivity index (χ1v) is 11.2. The molecule has 3 aromatic rings. The number of rotatable bonds is 4. The van der Waals surface area contributed by atoms with Crippen molar-refractivity contribution in [3.8, 4) is 0 Å². The van der Waals surface area contributed by atoms with E-state index in [1.807, 2.05) is 0 Å². The van der Waals surface area contributed by atoms with Gasteiger partial charge in [0.05, 0.1) is 31.9 Å². The fourth-order valence-corrected chi connectivity index (χ4v) is 4.43. The molecule has 0 aliphatic carbocycles. The predicted molar refractivity (Wildman–Crippen MR) is 123 cm³/mol. The molecule has 1 N–H and O–H groups in total. The van der Waals surface area contributed by atoms with Gasteiger partial charge >= 0.3 is 6.09 Å². The minimum absolute atomic E-state index is 0.00943. The third-order valence-corrected chi connectivity index (χ3v) is 6.11. The normalized spacial score (nSPS) is 17.6. The molecule has 1 unspecified atom stereocenters. The SMILES string of the molecule is CC(=O)NCC1CN(c2cc(F)c(N3CCn4c(=O)c5nccnc5c(=O)n4CC3)c(F)c2)C(=O)O1. The van der Waals surface area contributed by atoms with Crippen molar-refractivity contribution in [2.45, 2.75) is 26.1 Å². The number of hydrogen-bond donors (Lipinski definition) is 1. The van der Waals surface area contributed by atoms with Crippen LogP contribution in [0, 0.1) is 11.6 Å². The van der Waals surface area contributed by atoms with Gasteiger partial charge in [-0.2, -0.15) is 0 Å². The topological polar surface area (TPSA) is 132 Å². The van der Waals surface area contributed by atoms with Crippen LogP contribution < -0.4 is 26.2 Å². The number of halogens is 2. The maximum absolute atomic E-state index is 15.2. The van der Waals surface area contributed by atoms with Crippen LogP contribution >= 0.6 is 0 Å². The Bertz CT molecular complexity index is 1420. The summed E-state index contributed by atoms with van der Waals surface area (Å²) >= 11 is 0. The van der Waals surface area contributed by atoms with E-state index in [1.54, 1.807) is 0 Å². The number of anilines is 2. The molecule has 4 heterocycles. The van der Waals surface area contributed by atoms with Crippen molar-refractivity contribution in [2.75, 3.05) is 36.0 Å². The summed E-state index contributed by atoms with van der Waals surface area (Å²) in [5, 5.41) is 2.53. The Balaban J connectivity index is 1.40. The summed E-state index contributed by atoms with van der Waals surface area (Å²) in [6, 6.07) is 2.05. The van der Waals surface area contributed by atoms with Gasteiger partial charge in [0.25, 0.3) is 11.1 Å². The summed E-state index contributed by atoms with van der Waals surface area (Å²) in [4.78, 5) is 59.4. The lowest BCUT2D eigenvalue weighted by atomic mass is 10.2. The van der Waals surface area contributed by atoms with Crippen molar-refractivity contribution < 1.29 is 23.1 Å². The zero-order valence-electron chi connectivity index (χ0n) is 19.1. The standard InChI is InChI=1S/C22H21F2N7O5/c1-12(32)27-10-14-11-29(22(35)36-14)13-8-15(23)19(16(24)9-13)28-4-6-30-20(33)17-18(26-3-2-25-17)21(34)31(30)7-5-28/h2-3,8-9,14H,4-7,10-11H2,1H3,(H,27,32). The number of nitrogens with one attached hydrogen (secondary N) is 1. The predicted octanol–water partition coefficient (Wildman–Crippen LogP) is 0.213. The van der Waals surface area contributed by atoms with E-state index in [0.29, 0.717) is 0 Å². The minimum atomic E-state index is -0.915. The highest BCUT2D eigenvalue weighted by Crippen LogP contribution is 2.31. The average Bonchev–Trinajstić information content (AvgIpc) is 3.08. The van der Waals surface area contributed by atoms with Crippen molar-refractivity contribution in [3.05, 3.63) is 56.9 Å². The molecule has 0 bridgehead atoms. The van der Waals surface area contributed by atoms with Gasteiger partial charge in [0, 0.05) is 44.5 Å². The van der Waals surface area contributed by atoms with Gasteiger partial charge in [-0.3, -0.25) is 19.3 Å². The van der Waals surface area contributed by atoms with Crippen LogP contribution in [0.2, 0.25) is 0 Å². The minimum Gasteiger partial charge on any atom is -0.442 e. The van der Waals surface area contributed by atoms with Crippen molar-refractivity contribution in [1.29, 1.82) is 0 Å². The molecular formula is C22H21F2N7O5. The van der Waals surface area contributed by atoms with E-state index in [4.69, 9.17) is 4.74 Å². The Labute approximate surface area is 201 Å². The van der Waals surface area contributed by atoms with Crippen LogP contribution in [0.15, 0.2) is 34.1 Å². The number of nitrogens with zero attached hydrogens (tertiary/aromatic N) is 6. The van der Waals surface area contributed by atoms with Crippen molar-refractivity contribution >= 4 is 34.4 Å². The van der Waals surface area contributed by atoms with Crippen LogP contribution in [-0.2, 0) is 22.6 Å². The van der Waals surface area contributed by atoms with Crippen LogP contribution in [0.25, 0.3) is 11.0 Å². The quantitative estimate of drug-likeness (QED) is 0.537. The lowest BCUT2D eigenvalue weighted by Gasteiger charge is -2.24. The zero-order chi connectivity index (χ0) is 25.6. The number of aromatic nitrogens is 4. The summed E-state index contributed by atoms with van der Waals surface area (Å²) in [7, 11) is 0. The lowest BCUT2D eigenvalue weighted by molar-refractivity contribution is -0.119.